The molecule has 0 bridgehead atoms. The van der Waals surface area contributed by atoms with Crippen molar-refractivity contribution >= 4 is 11.9 Å². The number of hydrogen-bond acceptors (Lipinski definition) is 3. The van der Waals surface area contributed by atoms with Gasteiger partial charge in [-0.3, -0.25) is 9.48 Å². The van der Waals surface area contributed by atoms with Crippen molar-refractivity contribution in [3.63, 3.8) is 0 Å². The Morgan fingerprint density at radius 2 is 1.67 bits per heavy atom. The van der Waals surface area contributed by atoms with Crippen LogP contribution in [0.1, 0.15) is 54.0 Å². The number of primary amides is 2. The number of amides is 3. The topological polar surface area (TPSA) is 107 Å². The first-order valence-corrected chi connectivity index (χ1v) is 9.06. The number of aromatic nitrogens is 2. The highest BCUT2D eigenvalue weighted by Crippen LogP contribution is 2.43. The minimum atomic E-state index is -0.550. The molecule has 1 unspecified atom stereocenters. The van der Waals surface area contributed by atoms with Gasteiger partial charge in [0, 0.05) is 12.1 Å². The molecule has 1 aromatic carbocycles. The molecule has 7 heteroatoms. The second kappa shape index (κ2) is 6.40. The lowest BCUT2D eigenvalue weighted by Crippen LogP contribution is -2.49. The standard InChI is InChI=1S/C20H27N5O2/c1-11-8-12(2)10-13(9-11)15-14(18(21)26)16-17(20(3,4)5)24(19(22)27)6-7-25(16)23-15/h8-10,17H,6-7H2,1-5H3,(H2,21,26)(H2,22,27). The van der Waals surface area contributed by atoms with Crippen molar-refractivity contribution in [3.05, 3.63) is 40.6 Å². The second-order valence-electron chi connectivity index (χ2n) is 8.37. The Bertz CT molecular complexity index is 903. The van der Waals surface area contributed by atoms with Gasteiger partial charge in [-0.05, 0) is 31.4 Å². The van der Waals surface area contributed by atoms with Gasteiger partial charge < -0.3 is 16.4 Å². The molecule has 0 fully saturated rings. The second-order valence-corrected chi connectivity index (χ2v) is 8.37. The molecule has 7 nitrogen and oxygen atoms in total. The van der Waals surface area contributed by atoms with Crippen LogP contribution in [0, 0.1) is 19.3 Å². The summed E-state index contributed by atoms with van der Waals surface area (Å²) >= 11 is 0. The third kappa shape index (κ3) is 3.29. The number of aryl methyl sites for hydroxylation is 2. The summed E-state index contributed by atoms with van der Waals surface area (Å²) in [6, 6.07) is 5.15. The van der Waals surface area contributed by atoms with Crippen LogP contribution in [-0.2, 0) is 6.54 Å². The van der Waals surface area contributed by atoms with E-state index in [2.05, 4.69) is 6.07 Å². The first kappa shape index (κ1) is 18.9. The lowest BCUT2D eigenvalue weighted by Gasteiger charge is -2.42. The third-order valence-corrected chi connectivity index (χ3v) is 4.96. The Balaban J connectivity index is 2.30. The molecule has 144 valence electrons. The largest absolute Gasteiger partial charge is 0.365 e. The van der Waals surface area contributed by atoms with Gasteiger partial charge in [0.05, 0.1) is 23.8 Å². The van der Waals surface area contributed by atoms with E-state index in [1.165, 1.54) is 0 Å². The van der Waals surface area contributed by atoms with E-state index in [-0.39, 0.29) is 5.41 Å². The monoisotopic (exact) mass is 369 g/mol. The summed E-state index contributed by atoms with van der Waals surface area (Å²) in [4.78, 5) is 26.2. The highest BCUT2D eigenvalue weighted by Gasteiger charge is 2.42. The maximum Gasteiger partial charge on any atom is 0.315 e. The average molecular weight is 369 g/mol. The molecule has 0 aliphatic carbocycles. The number of nitrogens with two attached hydrogens (primary N) is 2. The predicted molar refractivity (Wildman–Crippen MR) is 104 cm³/mol. The lowest BCUT2D eigenvalue weighted by atomic mass is 9.81. The summed E-state index contributed by atoms with van der Waals surface area (Å²) < 4.78 is 1.81. The summed E-state index contributed by atoms with van der Waals surface area (Å²) in [7, 11) is 0. The smallest absolute Gasteiger partial charge is 0.315 e. The van der Waals surface area contributed by atoms with E-state index >= 15 is 0 Å². The van der Waals surface area contributed by atoms with Crippen molar-refractivity contribution in [1.82, 2.24) is 14.7 Å². The number of rotatable bonds is 2. The van der Waals surface area contributed by atoms with Gasteiger partial charge in [0.25, 0.3) is 5.91 Å². The van der Waals surface area contributed by atoms with Crippen LogP contribution in [0.15, 0.2) is 18.2 Å². The molecule has 1 aliphatic heterocycles. The number of fused-ring (bicyclic) bond motifs is 1. The van der Waals surface area contributed by atoms with E-state index in [0.717, 1.165) is 16.7 Å². The molecule has 2 aromatic rings. The minimum absolute atomic E-state index is 0.350. The number of carbonyl (C=O) groups excluding carboxylic acids is 2. The first-order valence-electron chi connectivity index (χ1n) is 9.06. The molecular weight excluding hydrogens is 342 g/mol. The molecule has 1 atom stereocenters. The Kier molecular flexibility index (Phi) is 4.49. The maximum atomic E-state index is 12.5. The summed E-state index contributed by atoms with van der Waals surface area (Å²) in [6.07, 6.45) is 0. The zero-order chi connectivity index (χ0) is 20.1. The van der Waals surface area contributed by atoms with Crippen molar-refractivity contribution in [2.24, 2.45) is 16.9 Å². The van der Waals surface area contributed by atoms with E-state index in [1.807, 2.05) is 51.4 Å². The SMILES string of the molecule is Cc1cc(C)cc(-c2nn3c(c2C(N)=O)C(C(C)(C)C)N(C(N)=O)CC3)c1. The number of benzene rings is 1. The van der Waals surface area contributed by atoms with Gasteiger partial charge in [-0.2, -0.15) is 5.10 Å². The Morgan fingerprint density at radius 3 is 2.15 bits per heavy atom. The number of nitrogens with zero attached hydrogens (tertiary/aromatic N) is 3. The fraction of sp³-hybridized carbons (Fsp3) is 0.450. The maximum absolute atomic E-state index is 12.5. The predicted octanol–water partition coefficient (Wildman–Crippen LogP) is 2.75. The van der Waals surface area contributed by atoms with Crippen LogP contribution >= 0.6 is 0 Å². The molecular formula is C20H27N5O2. The summed E-state index contributed by atoms with van der Waals surface area (Å²) in [5, 5.41) is 4.72. The van der Waals surface area contributed by atoms with Crippen molar-refractivity contribution in [2.45, 2.75) is 47.2 Å². The van der Waals surface area contributed by atoms with Gasteiger partial charge in [0.1, 0.15) is 5.69 Å². The van der Waals surface area contributed by atoms with Crippen LogP contribution in [0.2, 0.25) is 0 Å². The molecule has 27 heavy (non-hydrogen) atoms. The number of hydrogen-bond donors (Lipinski definition) is 2. The van der Waals surface area contributed by atoms with Gasteiger partial charge in [0.2, 0.25) is 0 Å². The van der Waals surface area contributed by atoms with E-state index in [4.69, 9.17) is 16.6 Å². The van der Waals surface area contributed by atoms with Gasteiger partial charge in [-0.15, -0.1) is 0 Å². The summed E-state index contributed by atoms with van der Waals surface area (Å²) in [5.41, 5.74) is 15.7. The zero-order valence-electron chi connectivity index (χ0n) is 16.5. The minimum Gasteiger partial charge on any atom is -0.365 e. The van der Waals surface area contributed by atoms with Crippen LogP contribution in [0.4, 0.5) is 4.79 Å². The molecule has 2 heterocycles. The lowest BCUT2D eigenvalue weighted by molar-refractivity contribution is 0.0899. The first-order chi connectivity index (χ1) is 12.5. The van der Waals surface area contributed by atoms with Crippen LogP contribution in [0.25, 0.3) is 11.3 Å². The molecule has 0 saturated heterocycles. The van der Waals surface area contributed by atoms with Gasteiger partial charge >= 0.3 is 6.03 Å². The fourth-order valence-electron chi connectivity index (χ4n) is 4.07. The number of carbonyl (C=O) groups is 2. The van der Waals surface area contributed by atoms with Gasteiger partial charge in [-0.1, -0.05) is 38.0 Å². The molecule has 0 saturated carbocycles. The molecule has 4 N–H and O–H groups in total. The molecule has 0 spiro atoms. The molecule has 3 amide bonds. The molecule has 1 aromatic heterocycles. The van der Waals surface area contributed by atoms with Crippen LogP contribution < -0.4 is 11.5 Å². The Hall–Kier alpha value is -2.83. The van der Waals surface area contributed by atoms with Crippen LogP contribution in [0.5, 0.6) is 0 Å². The average Bonchev–Trinajstić information content (AvgIpc) is 2.91. The van der Waals surface area contributed by atoms with Crippen molar-refractivity contribution < 1.29 is 9.59 Å². The Morgan fingerprint density at radius 1 is 1.07 bits per heavy atom. The van der Waals surface area contributed by atoms with Crippen molar-refractivity contribution in [3.8, 4) is 11.3 Å². The van der Waals surface area contributed by atoms with Crippen LogP contribution in [0.3, 0.4) is 0 Å². The normalized spacial score (nSPS) is 16.9. The van der Waals surface area contributed by atoms with Gasteiger partial charge in [0.15, 0.2) is 0 Å². The molecule has 1 aliphatic rings. The van der Waals surface area contributed by atoms with Crippen LogP contribution in [-0.4, -0.2) is 33.2 Å². The fourth-order valence-corrected chi connectivity index (χ4v) is 4.07. The molecule has 3 rings (SSSR count). The van der Waals surface area contributed by atoms with Crippen molar-refractivity contribution in [2.75, 3.05) is 6.54 Å². The highest BCUT2D eigenvalue weighted by atomic mass is 16.2. The van der Waals surface area contributed by atoms with E-state index in [9.17, 15) is 9.59 Å². The summed E-state index contributed by atoms with van der Waals surface area (Å²) in [6.45, 7) is 10.9. The van der Waals surface area contributed by atoms with E-state index < -0.39 is 18.0 Å². The Labute approximate surface area is 159 Å². The summed E-state index contributed by atoms with van der Waals surface area (Å²) in [5.74, 6) is -0.550. The molecule has 0 radical (unpaired) electrons. The highest BCUT2D eigenvalue weighted by molar-refractivity contribution is 6.00. The van der Waals surface area contributed by atoms with Crippen molar-refractivity contribution in [1.29, 1.82) is 0 Å². The van der Waals surface area contributed by atoms with E-state index in [0.29, 0.717) is 30.0 Å². The third-order valence-electron chi connectivity index (χ3n) is 4.96. The van der Waals surface area contributed by atoms with Gasteiger partial charge in [-0.25, -0.2) is 4.79 Å². The quantitative estimate of drug-likeness (QED) is 0.850. The zero-order valence-corrected chi connectivity index (χ0v) is 16.5. The van der Waals surface area contributed by atoms with E-state index in [1.54, 1.807) is 4.90 Å². The number of urea groups is 1.